The molecule has 0 aromatic carbocycles. The minimum absolute atomic E-state index is 0.316. The number of hydrogen-bond acceptors (Lipinski definition) is 4. The molecule has 0 unspecified atom stereocenters. The summed E-state index contributed by atoms with van der Waals surface area (Å²) >= 11 is 1.23. The Morgan fingerprint density at radius 3 is 3.27 bits per heavy atom. The Hall–Kier alpha value is -1.03. The van der Waals surface area contributed by atoms with Crippen molar-refractivity contribution in [2.75, 3.05) is 0 Å². The maximum absolute atomic E-state index is 10.5. The number of hydrogen-bond donors (Lipinski definition) is 0. The average molecular weight is 169 g/mol. The van der Waals surface area contributed by atoms with Crippen molar-refractivity contribution in [3.8, 4) is 0 Å². The lowest BCUT2D eigenvalue weighted by molar-refractivity contribution is -0.136. The fourth-order valence-electron chi connectivity index (χ4n) is 0.554. The van der Waals surface area contributed by atoms with Crippen LogP contribution in [0.25, 0.3) is 0 Å². The zero-order chi connectivity index (χ0) is 8.10. The number of allylic oxidation sites excluding steroid dienone is 2. The number of rotatable bonds is 1. The van der Waals surface area contributed by atoms with Gasteiger partial charge in [0.1, 0.15) is 5.76 Å². The number of nitrogens with zero attached hydrogens (tertiary/aromatic N) is 1. The molecule has 0 aromatic rings. The first kappa shape index (κ1) is 8.07. The lowest BCUT2D eigenvalue weighted by Crippen LogP contribution is -1.95. The van der Waals surface area contributed by atoms with E-state index in [4.69, 9.17) is 4.74 Å². The van der Waals surface area contributed by atoms with E-state index in [2.05, 4.69) is 4.40 Å². The van der Waals surface area contributed by atoms with E-state index in [1.54, 1.807) is 23.8 Å². The second-order valence-corrected chi connectivity index (χ2v) is 2.49. The fraction of sp³-hybridized carbons (Fsp3) is 0.143. The van der Waals surface area contributed by atoms with Crippen LogP contribution in [0.5, 0.6) is 0 Å². The summed E-state index contributed by atoms with van der Waals surface area (Å²) < 4.78 is 8.67. The van der Waals surface area contributed by atoms with Crippen molar-refractivity contribution < 1.29 is 9.53 Å². The first-order valence-electron chi connectivity index (χ1n) is 3.03. The van der Waals surface area contributed by atoms with Crippen LogP contribution in [-0.4, -0.2) is 12.2 Å². The third-order valence-electron chi connectivity index (χ3n) is 0.899. The molecule has 0 atom stereocenters. The molecule has 1 aliphatic heterocycles. The molecule has 1 aliphatic rings. The molecule has 0 spiro atoms. The number of ether oxygens (including phenoxy) is 1. The molecule has 0 N–H and O–H groups in total. The van der Waals surface area contributed by atoms with Crippen LogP contribution in [0.2, 0.25) is 0 Å². The Morgan fingerprint density at radius 1 is 1.73 bits per heavy atom. The Balaban J connectivity index is 2.58. The molecular formula is C7H7NO2S. The van der Waals surface area contributed by atoms with Gasteiger partial charge in [0.2, 0.25) is 0 Å². The van der Waals surface area contributed by atoms with Crippen molar-refractivity contribution in [2.24, 2.45) is 4.40 Å². The highest BCUT2D eigenvalue weighted by Crippen LogP contribution is 2.12. The Kier molecular flexibility index (Phi) is 2.92. The molecule has 0 amide bonds. The summed E-state index contributed by atoms with van der Waals surface area (Å²) in [5.74, 6) is 0.211. The number of carbonyl (C=O) groups excluding carboxylic acids is 1. The van der Waals surface area contributed by atoms with Gasteiger partial charge < -0.3 is 4.74 Å². The zero-order valence-corrected chi connectivity index (χ0v) is 6.80. The van der Waals surface area contributed by atoms with Gasteiger partial charge in [-0.1, -0.05) is 0 Å². The summed E-state index contributed by atoms with van der Waals surface area (Å²) in [6, 6.07) is 0. The quantitative estimate of drug-likeness (QED) is 0.443. The van der Waals surface area contributed by atoms with Gasteiger partial charge in [-0.05, 0) is 12.2 Å². The summed E-state index contributed by atoms with van der Waals surface area (Å²) in [6.45, 7) is 1.37. The molecule has 0 aromatic heterocycles. The van der Waals surface area contributed by atoms with Gasteiger partial charge in [0, 0.05) is 30.5 Å². The zero-order valence-electron chi connectivity index (χ0n) is 5.98. The van der Waals surface area contributed by atoms with Crippen molar-refractivity contribution in [1.82, 2.24) is 0 Å². The van der Waals surface area contributed by atoms with Crippen LogP contribution in [-0.2, 0) is 9.53 Å². The summed E-state index contributed by atoms with van der Waals surface area (Å²) in [4.78, 5) is 10.5. The molecule has 0 fully saturated rings. The smallest absolute Gasteiger partial charge is 0.308 e. The summed E-state index contributed by atoms with van der Waals surface area (Å²) in [5, 5.41) is 1.67. The molecular weight excluding hydrogens is 162 g/mol. The predicted molar refractivity (Wildman–Crippen MR) is 45.1 cm³/mol. The van der Waals surface area contributed by atoms with Crippen LogP contribution < -0.4 is 0 Å². The van der Waals surface area contributed by atoms with Gasteiger partial charge in [-0.2, -0.15) is 0 Å². The third kappa shape index (κ3) is 3.04. The van der Waals surface area contributed by atoms with Crippen LogP contribution in [0, 0.1) is 0 Å². The van der Waals surface area contributed by atoms with Crippen LogP contribution in [0.1, 0.15) is 6.92 Å². The number of esters is 1. The average Bonchev–Trinajstić information content (AvgIpc) is 2.14. The Labute approximate surface area is 69.0 Å². The lowest BCUT2D eigenvalue weighted by atomic mass is 10.4. The maximum atomic E-state index is 10.5. The van der Waals surface area contributed by atoms with Crippen molar-refractivity contribution in [3.63, 3.8) is 0 Å². The van der Waals surface area contributed by atoms with E-state index in [1.165, 1.54) is 18.9 Å². The summed E-state index contributed by atoms with van der Waals surface area (Å²) in [6.07, 6.45) is 5.04. The maximum Gasteiger partial charge on any atom is 0.308 e. The largest absolute Gasteiger partial charge is 0.426 e. The second-order valence-electron chi connectivity index (χ2n) is 1.83. The van der Waals surface area contributed by atoms with Crippen LogP contribution in [0.4, 0.5) is 0 Å². The predicted octanol–water partition coefficient (Wildman–Crippen LogP) is 1.68. The first-order chi connectivity index (χ1) is 5.29. The molecule has 4 heteroatoms. The normalized spacial score (nSPS) is 15.5. The van der Waals surface area contributed by atoms with Gasteiger partial charge in [-0.15, -0.1) is 0 Å². The third-order valence-corrected chi connectivity index (χ3v) is 1.48. The molecule has 1 rings (SSSR count). The molecule has 0 saturated carbocycles. The van der Waals surface area contributed by atoms with Crippen molar-refractivity contribution in [1.29, 1.82) is 0 Å². The minimum Gasteiger partial charge on any atom is -0.426 e. The van der Waals surface area contributed by atoms with E-state index in [-0.39, 0.29) is 5.97 Å². The van der Waals surface area contributed by atoms with Crippen molar-refractivity contribution >= 4 is 24.1 Å². The lowest BCUT2D eigenvalue weighted by Gasteiger charge is -1.97. The molecule has 0 saturated heterocycles. The molecule has 58 valence electrons. The monoisotopic (exact) mass is 169 g/mol. The van der Waals surface area contributed by atoms with Gasteiger partial charge >= 0.3 is 5.97 Å². The second kappa shape index (κ2) is 3.98. The topological polar surface area (TPSA) is 38.7 Å². The van der Waals surface area contributed by atoms with Gasteiger partial charge in [0.05, 0.1) is 0 Å². The van der Waals surface area contributed by atoms with E-state index >= 15 is 0 Å². The fourth-order valence-corrected chi connectivity index (χ4v) is 0.986. The molecule has 1 heterocycles. The van der Waals surface area contributed by atoms with E-state index in [0.29, 0.717) is 5.76 Å². The Bertz CT molecular complexity index is 243. The van der Waals surface area contributed by atoms with Gasteiger partial charge in [-0.25, -0.2) is 4.40 Å². The van der Waals surface area contributed by atoms with Crippen LogP contribution >= 0.6 is 11.9 Å². The van der Waals surface area contributed by atoms with E-state index in [1.807, 2.05) is 0 Å². The molecule has 11 heavy (non-hydrogen) atoms. The standard InChI is InChI=1S/C7H7NO2S/c1-6(9)10-7-3-2-4-8-11-5-7/h2-5H,1H3. The SMILES string of the molecule is CC(=O)OC1=CSN=CC=C1. The highest BCUT2D eigenvalue weighted by atomic mass is 32.2. The van der Waals surface area contributed by atoms with E-state index in [0.717, 1.165) is 0 Å². The summed E-state index contributed by atoms with van der Waals surface area (Å²) in [5.41, 5.74) is 0. The van der Waals surface area contributed by atoms with E-state index in [9.17, 15) is 4.79 Å². The van der Waals surface area contributed by atoms with Crippen molar-refractivity contribution in [3.05, 3.63) is 23.3 Å². The van der Waals surface area contributed by atoms with Crippen LogP contribution in [0.3, 0.4) is 0 Å². The summed E-state index contributed by atoms with van der Waals surface area (Å²) in [7, 11) is 0. The van der Waals surface area contributed by atoms with Gasteiger partial charge in [0.15, 0.2) is 0 Å². The first-order valence-corrected chi connectivity index (χ1v) is 3.87. The van der Waals surface area contributed by atoms with Gasteiger partial charge in [-0.3, -0.25) is 4.79 Å². The van der Waals surface area contributed by atoms with Gasteiger partial charge in [0.25, 0.3) is 0 Å². The van der Waals surface area contributed by atoms with E-state index < -0.39 is 0 Å². The number of carbonyl (C=O) groups is 1. The highest BCUT2D eigenvalue weighted by Gasteiger charge is 1.98. The Morgan fingerprint density at radius 2 is 2.55 bits per heavy atom. The molecule has 0 bridgehead atoms. The van der Waals surface area contributed by atoms with Crippen molar-refractivity contribution in [2.45, 2.75) is 6.92 Å². The molecule has 3 nitrogen and oxygen atoms in total. The molecule has 0 radical (unpaired) electrons. The van der Waals surface area contributed by atoms with Crippen LogP contribution in [0.15, 0.2) is 27.7 Å². The molecule has 0 aliphatic carbocycles. The minimum atomic E-state index is -0.316. The highest BCUT2D eigenvalue weighted by molar-refractivity contribution is 8.01.